The lowest BCUT2D eigenvalue weighted by Gasteiger charge is -2.09. The van der Waals surface area contributed by atoms with Crippen LogP contribution in [0.5, 0.6) is 5.75 Å². The molecular formula is C18H15FO4. The van der Waals surface area contributed by atoms with Crippen LogP contribution in [0.15, 0.2) is 57.7 Å². The van der Waals surface area contributed by atoms with Gasteiger partial charge in [0.05, 0.1) is 6.61 Å². The van der Waals surface area contributed by atoms with Gasteiger partial charge >= 0.3 is 0 Å². The van der Waals surface area contributed by atoms with Crippen molar-refractivity contribution < 1.29 is 18.3 Å². The number of methoxy groups -OCH3 is 1. The highest BCUT2D eigenvalue weighted by atomic mass is 19.1. The van der Waals surface area contributed by atoms with Crippen molar-refractivity contribution in [1.29, 1.82) is 0 Å². The molecule has 0 aliphatic rings. The third-order valence-corrected chi connectivity index (χ3v) is 3.36. The van der Waals surface area contributed by atoms with Crippen LogP contribution in [0.25, 0.3) is 22.3 Å². The van der Waals surface area contributed by atoms with Crippen LogP contribution in [-0.4, -0.2) is 20.3 Å². The lowest BCUT2D eigenvalue weighted by Crippen LogP contribution is -2.08. The molecule has 0 atom stereocenters. The summed E-state index contributed by atoms with van der Waals surface area (Å²) in [4.78, 5) is 12.4. The fourth-order valence-electron chi connectivity index (χ4n) is 2.31. The number of benzene rings is 2. The van der Waals surface area contributed by atoms with Gasteiger partial charge in [0, 0.05) is 30.9 Å². The Morgan fingerprint density at radius 1 is 1.09 bits per heavy atom. The van der Waals surface area contributed by atoms with E-state index in [1.54, 1.807) is 0 Å². The van der Waals surface area contributed by atoms with Crippen molar-refractivity contribution in [2.24, 2.45) is 0 Å². The Hall–Kier alpha value is -2.66. The minimum atomic E-state index is -0.529. The molecule has 23 heavy (non-hydrogen) atoms. The van der Waals surface area contributed by atoms with E-state index >= 15 is 0 Å². The Morgan fingerprint density at radius 3 is 2.61 bits per heavy atom. The topological polar surface area (TPSA) is 48.7 Å². The fourth-order valence-corrected chi connectivity index (χ4v) is 2.31. The molecule has 0 aliphatic carbocycles. The van der Waals surface area contributed by atoms with Crippen molar-refractivity contribution in [2.45, 2.75) is 0 Å². The Labute approximate surface area is 132 Å². The quantitative estimate of drug-likeness (QED) is 0.675. The van der Waals surface area contributed by atoms with Gasteiger partial charge in [0.25, 0.3) is 0 Å². The lowest BCUT2D eigenvalue weighted by atomic mass is 10.1. The Bertz CT molecular complexity index is 871. The molecule has 118 valence electrons. The summed E-state index contributed by atoms with van der Waals surface area (Å²) >= 11 is 0. The van der Waals surface area contributed by atoms with Gasteiger partial charge < -0.3 is 13.9 Å². The maximum Gasteiger partial charge on any atom is 0.197 e. The second-order valence-electron chi connectivity index (χ2n) is 4.96. The van der Waals surface area contributed by atoms with Crippen molar-refractivity contribution in [3.8, 4) is 17.1 Å². The van der Waals surface area contributed by atoms with Crippen LogP contribution in [0, 0.1) is 5.82 Å². The van der Waals surface area contributed by atoms with E-state index in [4.69, 9.17) is 13.9 Å². The first-order valence-corrected chi connectivity index (χ1v) is 7.13. The minimum absolute atomic E-state index is 0.156. The Balaban J connectivity index is 2.12. The molecule has 0 saturated carbocycles. The first-order chi connectivity index (χ1) is 11.2. The number of hydrogen-bond acceptors (Lipinski definition) is 4. The average molecular weight is 314 g/mol. The van der Waals surface area contributed by atoms with Crippen molar-refractivity contribution in [2.75, 3.05) is 20.3 Å². The molecular weight excluding hydrogens is 299 g/mol. The summed E-state index contributed by atoms with van der Waals surface area (Å²) in [6.45, 7) is 0.556. The number of fused-ring (bicyclic) bond motifs is 1. The molecule has 0 fully saturated rings. The van der Waals surface area contributed by atoms with E-state index in [0.717, 1.165) is 5.56 Å². The van der Waals surface area contributed by atoms with Gasteiger partial charge in [0.2, 0.25) is 0 Å². The highest BCUT2D eigenvalue weighted by Crippen LogP contribution is 2.28. The summed E-state index contributed by atoms with van der Waals surface area (Å²) in [6.07, 6.45) is 0. The summed E-state index contributed by atoms with van der Waals surface area (Å²) in [5.41, 5.74) is 0.624. The van der Waals surface area contributed by atoms with Crippen LogP contribution >= 0.6 is 0 Å². The van der Waals surface area contributed by atoms with Crippen LogP contribution in [0.4, 0.5) is 4.39 Å². The van der Waals surface area contributed by atoms with Gasteiger partial charge in [-0.15, -0.1) is 0 Å². The highest BCUT2D eigenvalue weighted by molar-refractivity contribution is 5.85. The molecule has 0 bridgehead atoms. The number of hydrogen-bond donors (Lipinski definition) is 0. The van der Waals surface area contributed by atoms with E-state index in [1.807, 2.05) is 30.3 Å². The maximum absolute atomic E-state index is 13.8. The van der Waals surface area contributed by atoms with Crippen LogP contribution < -0.4 is 10.2 Å². The molecule has 0 unspecified atom stereocenters. The number of ether oxygens (including phenoxy) is 2. The zero-order valence-corrected chi connectivity index (χ0v) is 12.5. The lowest BCUT2D eigenvalue weighted by molar-refractivity contribution is 0.147. The van der Waals surface area contributed by atoms with Crippen molar-refractivity contribution in [3.63, 3.8) is 0 Å². The summed E-state index contributed by atoms with van der Waals surface area (Å²) in [6, 6.07) is 12.9. The van der Waals surface area contributed by atoms with Crippen LogP contribution in [0.3, 0.4) is 0 Å². The van der Waals surface area contributed by atoms with Crippen LogP contribution in [0.2, 0.25) is 0 Å². The molecule has 1 heterocycles. The van der Waals surface area contributed by atoms with Gasteiger partial charge in [-0.25, -0.2) is 4.39 Å². The van der Waals surface area contributed by atoms with Gasteiger partial charge in [-0.1, -0.05) is 30.3 Å². The third-order valence-electron chi connectivity index (χ3n) is 3.36. The zero-order chi connectivity index (χ0) is 16.2. The molecule has 0 radical (unpaired) electrons. The first kappa shape index (κ1) is 15.2. The SMILES string of the molecule is COCCOc1cc(F)cc2oc(-c3ccccc3)cc(=O)c12. The largest absolute Gasteiger partial charge is 0.490 e. The summed E-state index contributed by atoms with van der Waals surface area (Å²) in [5, 5.41) is 0.224. The molecule has 4 nitrogen and oxygen atoms in total. The predicted octanol–water partition coefficient (Wildman–Crippen LogP) is 3.62. The number of halogens is 1. The Morgan fingerprint density at radius 2 is 1.87 bits per heavy atom. The standard InChI is InChI=1S/C18H15FO4/c1-21-7-8-22-16-9-13(19)10-17-18(16)14(20)11-15(23-17)12-5-3-2-4-6-12/h2-6,9-11H,7-8H2,1H3. The molecule has 0 saturated heterocycles. The summed E-state index contributed by atoms with van der Waals surface area (Å²) in [5.74, 6) is 0.0141. The van der Waals surface area contributed by atoms with E-state index in [9.17, 15) is 9.18 Å². The van der Waals surface area contributed by atoms with Crippen LogP contribution in [-0.2, 0) is 4.74 Å². The van der Waals surface area contributed by atoms with E-state index in [-0.39, 0.29) is 28.8 Å². The molecule has 5 heteroatoms. The van der Waals surface area contributed by atoms with Gasteiger partial charge in [-0.05, 0) is 0 Å². The molecule has 0 N–H and O–H groups in total. The number of rotatable bonds is 5. The third kappa shape index (κ3) is 3.24. The molecule has 1 aromatic heterocycles. The molecule has 0 amide bonds. The van der Waals surface area contributed by atoms with Crippen LogP contribution in [0.1, 0.15) is 0 Å². The predicted molar refractivity (Wildman–Crippen MR) is 85.2 cm³/mol. The fraction of sp³-hybridized carbons (Fsp3) is 0.167. The molecule has 3 rings (SSSR count). The van der Waals surface area contributed by atoms with Crippen molar-refractivity contribution in [3.05, 3.63) is 64.6 Å². The maximum atomic E-state index is 13.8. The Kier molecular flexibility index (Phi) is 4.39. The van der Waals surface area contributed by atoms with E-state index in [1.165, 1.54) is 25.3 Å². The second-order valence-corrected chi connectivity index (χ2v) is 4.96. The molecule has 0 aliphatic heterocycles. The molecule has 2 aromatic carbocycles. The smallest absolute Gasteiger partial charge is 0.197 e. The molecule has 0 spiro atoms. The second kappa shape index (κ2) is 6.62. The van der Waals surface area contributed by atoms with Crippen molar-refractivity contribution in [1.82, 2.24) is 0 Å². The van der Waals surface area contributed by atoms with Gasteiger partial charge in [0.1, 0.15) is 34.9 Å². The van der Waals surface area contributed by atoms with Crippen molar-refractivity contribution >= 4 is 11.0 Å². The zero-order valence-electron chi connectivity index (χ0n) is 12.5. The first-order valence-electron chi connectivity index (χ1n) is 7.13. The van der Waals surface area contributed by atoms with Gasteiger partial charge in [-0.2, -0.15) is 0 Å². The van der Waals surface area contributed by atoms with E-state index < -0.39 is 5.82 Å². The molecule has 3 aromatic rings. The summed E-state index contributed by atoms with van der Waals surface area (Å²) < 4.78 is 29.8. The normalized spacial score (nSPS) is 10.9. The van der Waals surface area contributed by atoms with E-state index in [0.29, 0.717) is 12.4 Å². The monoisotopic (exact) mass is 314 g/mol. The van der Waals surface area contributed by atoms with E-state index in [2.05, 4.69) is 0 Å². The highest BCUT2D eigenvalue weighted by Gasteiger charge is 2.13. The van der Waals surface area contributed by atoms with Gasteiger partial charge in [-0.3, -0.25) is 4.79 Å². The summed E-state index contributed by atoms with van der Waals surface area (Å²) in [7, 11) is 1.54. The van der Waals surface area contributed by atoms with Gasteiger partial charge in [0.15, 0.2) is 5.43 Å². The average Bonchev–Trinajstić information content (AvgIpc) is 2.55. The minimum Gasteiger partial charge on any atom is -0.490 e.